The van der Waals surface area contributed by atoms with Crippen LogP contribution in [0.15, 0.2) is 12.4 Å². The molecule has 0 saturated carbocycles. The van der Waals surface area contributed by atoms with E-state index in [1.807, 2.05) is 17.9 Å². The summed E-state index contributed by atoms with van der Waals surface area (Å²) in [6, 6.07) is 1.75. The van der Waals surface area contributed by atoms with Crippen molar-refractivity contribution in [3.8, 4) is 0 Å². The summed E-state index contributed by atoms with van der Waals surface area (Å²) in [6.45, 7) is 0. The highest BCUT2D eigenvalue weighted by Crippen LogP contribution is 2.42. The summed E-state index contributed by atoms with van der Waals surface area (Å²) >= 11 is 0. The second-order valence-electron chi connectivity index (χ2n) is 5.87. The van der Waals surface area contributed by atoms with Crippen molar-refractivity contribution in [1.29, 1.82) is 0 Å². The van der Waals surface area contributed by atoms with Crippen LogP contribution in [0.5, 0.6) is 0 Å². The number of fused-ring (bicyclic) bond motifs is 2. The molecule has 2 fully saturated rings. The molecule has 3 atom stereocenters. The molecule has 2 bridgehead atoms. The molecular formula is C13H23N5. The van der Waals surface area contributed by atoms with Gasteiger partial charge < -0.3 is 4.90 Å². The zero-order chi connectivity index (χ0) is 12.7. The van der Waals surface area contributed by atoms with E-state index in [9.17, 15) is 0 Å². The van der Waals surface area contributed by atoms with Crippen LogP contribution in [0.1, 0.15) is 37.3 Å². The summed E-state index contributed by atoms with van der Waals surface area (Å²) in [4.78, 5) is 2.56. The topological polar surface area (TPSA) is 59.1 Å². The van der Waals surface area contributed by atoms with Crippen LogP contribution in [0.4, 0.5) is 0 Å². The van der Waals surface area contributed by atoms with Gasteiger partial charge in [-0.25, -0.2) is 0 Å². The Hall–Kier alpha value is -0.910. The fourth-order valence-corrected chi connectivity index (χ4v) is 3.83. The molecule has 2 aliphatic heterocycles. The van der Waals surface area contributed by atoms with Crippen molar-refractivity contribution >= 4 is 0 Å². The minimum atomic E-state index is 0.246. The van der Waals surface area contributed by atoms with E-state index in [1.165, 1.54) is 31.2 Å². The van der Waals surface area contributed by atoms with Crippen molar-refractivity contribution in [2.45, 2.75) is 43.8 Å². The average Bonchev–Trinajstić information content (AvgIpc) is 2.83. The maximum absolute atomic E-state index is 5.79. The predicted molar refractivity (Wildman–Crippen MR) is 70.6 cm³/mol. The summed E-state index contributed by atoms with van der Waals surface area (Å²) in [5.41, 5.74) is 4.23. The Morgan fingerprint density at radius 2 is 2.00 bits per heavy atom. The molecule has 5 nitrogen and oxygen atoms in total. The number of nitrogens with two attached hydrogens (primary N) is 1. The molecule has 3 rings (SSSR count). The van der Waals surface area contributed by atoms with Gasteiger partial charge in [-0.3, -0.25) is 16.0 Å². The van der Waals surface area contributed by atoms with Gasteiger partial charge in [0.15, 0.2) is 0 Å². The molecule has 5 heteroatoms. The summed E-state index contributed by atoms with van der Waals surface area (Å²) in [5.74, 6) is 6.42. The lowest BCUT2D eigenvalue weighted by Gasteiger charge is -2.39. The lowest BCUT2D eigenvalue weighted by Crippen LogP contribution is -2.45. The third-order valence-electron chi connectivity index (χ3n) is 4.87. The highest BCUT2D eigenvalue weighted by molar-refractivity contribution is 5.13. The van der Waals surface area contributed by atoms with Gasteiger partial charge in [-0.1, -0.05) is 0 Å². The van der Waals surface area contributed by atoms with Gasteiger partial charge in [0.05, 0.1) is 12.2 Å². The Morgan fingerprint density at radius 1 is 1.33 bits per heavy atom. The standard InChI is InChI=1S/C13H23N5/c1-17-8-10(7-15-17)13(16-14)9-5-11-3-4-12(6-9)18(11)2/h7-9,11-13,16H,3-6,14H2,1-2H3. The fourth-order valence-electron chi connectivity index (χ4n) is 3.83. The molecule has 0 aliphatic carbocycles. The van der Waals surface area contributed by atoms with Crippen molar-refractivity contribution < 1.29 is 0 Å². The first-order chi connectivity index (χ1) is 8.69. The minimum Gasteiger partial charge on any atom is -0.300 e. The van der Waals surface area contributed by atoms with E-state index in [4.69, 9.17) is 5.84 Å². The van der Waals surface area contributed by atoms with E-state index in [1.54, 1.807) is 0 Å². The second-order valence-corrected chi connectivity index (χ2v) is 5.87. The molecule has 3 unspecified atom stereocenters. The van der Waals surface area contributed by atoms with Gasteiger partial charge in [0.1, 0.15) is 0 Å². The van der Waals surface area contributed by atoms with Gasteiger partial charge in [-0.2, -0.15) is 5.10 Å². The van der Waals surface area contributed by atoms with Crippen LogP contribution in [-0.2, 0) is 7.05 Å². The lowest BCUT2D eigenvalue weighted by molar-refractivity contribution is 0.112. The maximum Gasteiger partial charge on any atom is 0.0538 e. The monoisotopic (exact) mass is 249 g/mol. The predicted octanol–water partition coefficient (Wildman–Crippen LogP) is 0.797. The van der Waals surface area contributed by atoms with E-state index < -0.39 is 0 Å². The molecule has 3 N–H and O–H groups in total. The van der Waals surface area contributed by atoms with Crippen LogP contribution in [-0.4, -0.2) is 33.8 Å². The van der Waals surface area contributed by atoms with Gasteiger partial charge in [0.2, 0.25) is 0 Å². The largest absolute Gasteiger partial charge is 0.300 e. The number of hydrogen-bond acceptors (Lipinski definition) is 4. The van der Waals surface area contributed by atoms with Crippen molar-refractivity contribution in [3.05, 3.63) is 18.0 Å². The number of aryl methyl sites for hydroxylation is 1. The van der Waals surface area contributed by atoms with Gasteiger partial charge in [0.25, 0.3) is 0 Å². The number of rotatable bonds is 3. The number of nitrogens with one attached hydrogen (secondary N) is 1. The first kappa shape index (κ1) is 12.1. The molecule has 2 saturated heterocycles. The molecule has 2 aliphatic rings. The Balaban J connectivity index is 1.77. The van der Waals surface area contributed by atoms with Crippen LogP contribution >= 0.6 is 0 Å². The van der Waals surface area contributed by atoms with Crippen LogP contribution in [0.25, 0.3) is 0 Å². The molecule has 100 valence electrons. The molecule has 0 spiro atoms. The van der Waals surface area contributed by atoms with Crippen LogP contribution in [0.3, 0.4) is 0 Å². The molecule has 1 aromatic rings. The van der Waals surface area contributed by atoms with E-state index in [-0.39, 0.29) is 6.04 Å². The quantitative estimate of drug-likeness (QED) is 0.614. The highest BCUT2D eigenvalue weighted by Gasteiger charge is 2.41. The summed E-state index contributed by atoms with van der Waals surface area (Å²) in [7, 11) is 4.23. The Bertz CT molecular complexity index is 401. The Labute approximate surface area is 108 Å². The van der Waals surface area contributed by atoms with Gasteiger partial charge >= 0.3 is 0 Å². The van der Waals surface area contributed by atoms with Crippen molar-refractivity contribution in [3.63, 3.8) is 0 Å². The first-order valence-corrected chi connectivity index (χ1v) is 6.85. The van der Waals surface area contributed by atoms with E-state index in [0.717, 1.165) is 12.1 Å². The number of hydrazine groups is 1. The zero-order valence-electron chi connectivity index (χ0n) is 11.2. The normalized spacial score (nSPS) is 33.8. The van der Waals surface area contributed by atoms with E-state index >= 15 is 0 Å². The molecule has 3 heterocycles. The van der Waals surface area contributed by atoms with Gasteiger partial charge in [0, 0.05) is 30.9 Å². The number of aromatic nitrogens is 2. The third-order valence-corrected chi connectivity index (χ3v) is 4.87. The number of nitrogens with zero attached hydrogens (tertiary/aromatic N) is 3. The van der Waals surface area contributed by atoms with Crippen LogP contribution in [0.2, 0.25) is 0 Å². The van der Waals surface area contributed by atoms with Crippen LogP contribution in [0, 0.1) is 5.92 Å². The molecule has 0 radical (unpaired) electrons. The summed E-state index contributed by atoms with van der Waals surface area (Å²) in [5, 5.41) is 4.26. The molecule has 18 heavy (non-hydrogen) atoms. The lowest BCUT2D eigenvalue weighted by atomic mass is 9.83. The summed E-state index contributed by atoms with van der Waals surface area (Å²) < 4.78 is 1.85. The van der Waals surface area contributed by atoms with Crippen LogP contribution < -0.4 is 11.3 Å². The van der Waals surface area contributed by atoms with E-state index in [2.05, 4.69) is 28.7 Å². The SMILES string of the molecule is CN1C2CCC1CC(C(NN)c1cnn(C)c1)C2. The van der Waals surface area contributed by atoms with Crippen molar-refractivity contribution in [2.75, 3.05) is 7.05 Å². The summed E-state index contributed by atoms with van der Waals surface area (Å²) in [6.07, 6.45) is 9.20. The molecule has 1 aromatic heterocycles. The molecule has 0 aromatic carbocycles. The van der Waals surface area contributed by atoms with Crippen molar-refractivity contribution in [2.24, 2.45) is 18.8 Å². The van der Waals surface area contributed by atoms with Gasteiger partial charge in [-0.05, 0) is 38.6 Å². The highest BCUT2D eigenvalue weighted by atomic mass is 15.3. The number of hydrogen-bond donors (Lipinski definition) is 2. The Kier molecular flexibility index (Phi) is 3.13. The van der Waals surface area contributed by atoms with Crippen molar-refractivity contribution in [1.82, 2.24) is 20.1 Å². The minimum absolute atomic E-state index is 0.246. The first-order valence-electron chi connectivity index (χ1n) is 6.85. The molecular weight excluding hydrogens is 226 g/mol. The Morgan fingerprint density at radius 3 is 2.50 bits per heavy atom. The second kappa shape index (κ2) is 4.64. The average molecular weight is 249 g/mol. The van der Waals surface area contributed by atoms with E-state index in [0.29, 0.717) is 5.92 Å². The smallest absolute Gasteiger partial charge is 0.0538 e. The maximum atomic E-state index is 5.79. The fraction of sp³-hybridized carbons (Fsp3) is 0.769. The number of piperidine rings is 1. The third kappa shape index (κ3) is 1.96. The molecule has 0 amide bonds. The zero-order valence-corrected chi connectivity index (χ0v) is 11.2. The van der Waals surface area contributed by atoms with Gasteiger partial charge in [-0.15, -0.1) is 0 Å².